The summed E-state index contributed by atoms with van der Waals surface area (Å²) < 4.78 is 5.13. The number of amides is 1. The van der Waals surface area contributed by atoms with Crippen LogP contribution in [-0.4, -0.2) is 41.0 Å². The lowest BCUT2D eigenvalue weighted by Crippen LogP contribution is -2.39. The highest BCUT2D eigenvalue weighted by Gasteiger charge is 2.29. The number of aromatic nitrogens is 2. The highest BCUT2D eigenvalue weighted by molar-refractivity contribution is 7.18. The average molecular weight is 362 g/mol. The molecule has 1 aliphatic heterocycles. The second kappa shape index (κ2) is 6.95. The number of piperidine rings is 1. The number of thiophene rings is 1. The summed E-state index contributed by atoms with van der Waals surface area (Å²) in [4.78, 5) is 36.5. The van der Waals surface area contributed by atoms with E-state index in [1.54, 1.807) is 17.7 Å². The summed E-state index contributed by atoms with van der Waals surface area (Å²) >= 11 is 1.68. The van der Waals surface area contributed by atoms with Gasteiger partial charge in [0.2, 0.25) is 0 Å². The second-order valence-corrected chi connectivity index (χ2v) is 7.61. The third kappa shape index (κ3) is 3.44. The van der Waals surface area contributed by atoms with Crippen molar-refractivity contribution in [2.75, 3.05) is 18.0 Å². The molecule has 8 heteroatoms. The number of rotatable bonds is 4. The van der Waals surface area contributed by atoms with Gasteiger partial charge in [-0.3, -0.25) is 9.59 Å². The maximum Gasteiger partial charge on any atom is 0.309 e. The molecule has 1 aliphatic rings. The maximum absolute atomic E-state index is 12.2. The number of hydrogen-bond donors (Lipinski definition) is 1. The number of nitrogens with two attached hydrogens (primary N) is 1. The Morgan fingerprint density at radius 2 is 2.00 bits per heavy atom. The SMILES string of the molecule is Cc1sc2ncnc(N3CCC(C(=O)O[C@H](C)C(N)=O)CC3)c2c1C. The molecule has 1 atom stereocenters. The summed E-state index contributed by atoms with van der Waals surface area (Å²) in [7, 11) is 0. The van der Waals surface area contributed by atoms with Crippen molar-refractivity contribution in [2.45, 2.75) is 39.7 Å². The largest absolute Gasteiger partial charge is 0.452 e. The molecule has 2 aromatic heterocycles. The molecule has 0 saturated carbocycles. The molecule has 134 valence electrons. The Morgan fingerprint density at radius 3 is 2.64 bits per heavy atom. The predicted molar refractivity (Wildman–Crippen MR) is 96.6 cm³/mol. The summed E-state index contributed by atoms with van der Waals surface area (Å²) in [5, 5.41) is 1.10. The van der Waals surface area contributed by atoms with Crippen LogP contribution >= 0.6 is 11.3 Å². The molecule has 0 aliphatic carbocycles. The van der Waals surface area contributed by atoms with Crippen LogP contribution in [0.1, 0.15) is 30.2 Å². The molecular formula is C17H22N4O3S. The van der Waals surface area contributed by atoms with Crippen molar-refractivity contribution < 1.29 is 14.3 Å². The van der Waals surface area contributed by atoms with Gasteiger partial charge in [0.1, 0.15) is 17.0 Å². The van der Waals surface area contributed by atoms with Crippen LogP contribution in [0.3, 0.4) is 0 Å². The van der Waals surface area contributed by atoms with Gasteiger partial charge in [0.05, 0.1) is 11.3 Å². The van der Waals surface area contributed by atoms with Gasteiger partial charge in [-0.15, -0.1) is 11.3 Å². The maximum atomic E-state index is 12.2. The van der Waals surface area contributed by atoms with E-state index >= 15 is 0 Å². The third-order valence-corrected chi connectivity index (χ3v) is 5.88. The lowest BCUT2D eigenvalue weighted by Gasteiger charge is -2.32. The molecule has 2 aromatic rings. The predicted octanol–water partition coefficient (Wildman–Crippen LogP) is 1.94. The number of nitrogens with zero attached hydrogens (tertiary/aromatic N) is 3. The minimum Gasteiger partial charge on any atom is -0.452 e. The molecule has 1 amide bonds. The van der Waals surface area contributed by atoms with Crippen molar-refractivity contribution in [1.82, 2.24) is 9.97 Å². The summed E-state index contributed by atoms with van der Waals surface area (Å²) in [5.74, 6) is -0.247. The second-order valence-electron chi connectivity index (χ2n) is 6.40. The van der Waals surface area contributed by atoms with Crippen LogP contribution in [0.2, 0.25) is 0 Å². The fourth-order valence-electron chi connectivity index (χ4n) is 3.06. The van der Waals surface area contributed by atoms with Crippen LogP contribution in [0.5, 0.6) is 0 Å². The molecule has 1 fully saturated rings. The Morgan fingerprint density at radius 1 is 1.32 bits per heavy atom. The van der Waals surface area contributed by atoms with Crippen molar-refractivity contribution in [1.29, 1.82) is 0 Å². The average Bonchev–Trinajstić information content (AvgIpc) is 2.89. The molecule has 0 bridgehead atoms. The smallest absolute Gasteiger partial charge is 0.309 e. The number of carbonyl (C=O) groups excluding carboxylic acids is 2. The van der Waals surface area contributed by atoms with Gasteiger partial charge in [-0.1, -0.05) is 0 Å². The van der Waals surface area contributed by atoms with Gasteiger partial charge in [0, 0.05) is 18.0 Å². The first-order valence-electron chi connectivity index (χ1n) is 8.34. The van der Waals surface area contributed by atoms with Gasteiger partial charge in [0.15, 0.2) is 6.10 Å². The number of fused-ring (bicyclic) bond motifs is 1. The normalized spacial score (nSPS) is 16.8. The minimum atomic E-state index is -0.886. The van der Waals surface area contributed by atoms with Crippen LogP contribution < -0.4 is 10.6 Å². The van der Waals surface area contributed by atoms with E-state index in [2.05, 4.69) is 28.7 Å². The van der Waals surface area contributed by atoms with Crippen molar-refractivity contribution in [3.05, 3.63) is 16.8 Å². The zero-order chi connectivity index (χ0) is 18.1. The lowest BCUT2D eigenvalue weighted by molar-refractivity contribution is -0.158. The summed E-state index contributed by atoms with van der Waals surface area (Å²) in [6.45, 7) is 7.11. The number of aryl methyl sites for hydroxylation is 2. The Balaban J connectivity index is 1.71. The van der Waals surface area contributed by atoms with E-state index < -0.39 is 12.0 Å². The van der Waals surface area contributed by atoms with Crippen molar-refractivity contribution in [3.8, 4) is 0 Å². The van der Waals surface area contributed by atoms with Crippen LogP contribution in [0.25, 0.3) is 10.2 Å². The number of primary amides is 1. The van der Waals surface area contributed by atoms with Crippen LogP contribution in [0.4, 0.5) is 5.82 Å². The van der Waals surface area contributed by atoms with E-state index in [9.17, 15) is 9.59 Å². The van der Waals surface area contributed by atoms with Gasteiger partial charge >= 0.3 is 5.97 Å². The topological polar surface area (TPSA) is 98.4 Å². The summed E-state index contributed by atoms with van der Waals surface area (Å²) in [6, 6.07) is 0. The molecule has 25 heavy (non-hydrogen) atoms. The van der Waals surface area contributed by atoms with E-state index in [1.165, 1.54) is 17.4 Å². The Hall–Kier alpha value is -2.22. The minimum absolute atomic E-state index is 0.208. The zero-order valence-corrected chi connectivity index (χ0v) is 15.4. The van der Waals surface area contributed by atoms with Crippen LogP contribution in [0.15, 0.2) is 6.33 Å². The fourth-order valence-corrected chi connectivity index (χ4v) is 4.05. The molecule has 0 aromatic carbocycles. The molecule has 3 rings (SSSR count). The quantitative estimate of drug-likeness (QED) is 0.835. The molecule has 1 saturated heterocycles. The van der Waals surface area contributed by atoms with Gasteiger partial charge in [-0.25, -0.2) is 9.97 Å². The Labute approximate surface area is 150 Å². The zero-order valence-electron chi connectivity index (χ0n) is 14.6. The molecule has 3 heterocycles. The van der Waals surface area contributed by atoms with Gasteiger partial charge in [0.25, 0.3) is 5.91 Å². The number of anilines is 1. The third-order valence-electron chi connectivity index (χ3n) is 4.77. The standard InChI is InChI=1S/C17H22N4O3S/c1-9-11(3)25-16-13(9)15(19-8-20-16)21-6-4-12(5-7-21)17(23)24-10(2)14(18)22/h8,10,12H,4-7H2,1-3H3,(H2,18,22)/t10-/m1/s1. The molecule has 0 unspecified atom stereocenters. The number of carbonyl (C=O) groups is 2. The lowest BCUT2D eigenvalue weighted by atomic mass is 9.96. The van der Waals surface area contributed by atoms with E-state index in [4.69, 9.17) is 10.5 Å². The van der Waals surface area contributed by atoms with Crippen molar-refractivity contribution in [3.63, 3.8) is 0 Å². The first-order chi connectivity index (χ1) is 11.9. The Bertz CT molecular complexity index is 812. The molecular weight excluding hydrogens is 340 g/mol. The highest BCUT2D eigenvalue weighted by Crippen LogP contribution is 2.35. The van der Waals surface area contributed by atoms with Crippen molar-refractivity contribution >= 4 is 39.2 Å². The first-order valence-corrected chi connectivity index (χ1v) is 9.15. The summed E-state index contributed by atoms with van der Waals surface area (Å²) in [5.41, 5.74) is 6.36. The first kappa shape index (κ1) is 17.6. The van der Waals surface area contributed by atoms with E-state index in [0.29, 0.717) is 25.9 Å². The molecule has 2 N–H and O–H groups in total. The van der Waals surface area contributed by atoms with Crippen molar-refractivity contribution in [2.24, 2.45) is 11.7 Å². The van der Waals surface area contributed by atoms with Gasteiger partial charge in [-0.05, 0) is 39.2 Å². The van der Waals surface area contributed by atoms with Crippen LogP contribution in [-0.2, 0) is 14.3 Å². The van der Waals surface area contributed by atoms with E-state index in [-0.39, 0.29) is 11.9 Å². The molecule has 7 nitrogen and oxygen atoms in total. The number of hydrogen-bond acceptors (Lipinski definition) is 7. The fraction of sp³-hybridized carbons (Fsp3) is 0.529. The molecule has 0 radical (unpaired) electrons. The van der Waals surface area contributed by atoms with E-state index in [1.807, 2.05) is 0 Å². The molecule has 0 spiro atoms. The highest BCUT2D eigenvalue weighted by atomic mass is 32.1. The van der Waals surface area contributed by atoms with E-state index in [0.717, 1.165) is 16.0 Å². The number of esters is 1. The number of ether oxygens (including phenoxy) is 1. The Kier molecular flexibility index (Phi) is 4.89. The van der Waals surface area contributed by atoms with Gasteiger partial charge < -0.3 is 15.4 Å². The van der Waals surface area contributed by atoms with Crippen LogP contribution in [0, 0.1) is 19.8 Å². The monoisotopic (exact) mass is 362 g/mol. The summed E-state index contributed by atoms with van der Waals surface area (Å²) in [6.07, 6.45) is 2.04. The van der Waals surface area contributed by atoms with Gasteiger partial charge in [-0.2, -0.15) is 0 Å².